The third kappa shape index (κ3) is 5.36. The van der Waals surface area contributed by atoms with Crippen molar-refractivity contribution in [2.24, 2.45) is 0 Å². The number of anilines is 1. The van der Waals surface area contributed by atoms with E-state index in [4.69, 9.17) is 0 Å². The summed E-state index contributed by atoms with van der Waals surface area (Å²) in [4.78, 5) is 16.3. The molecule has 144 valence electrons. The van der Waals surface area contributed by atoms with Crippen molar-refractivity contribution in [1.29, 1.82) is 0 Å². The molecule has 0 fully saturated rings. The van der Waals surface area contributed by atoms with Gasteiger partial charge in [-0.15, -0.1) is 0 Å². The van der Waals surface area contributed by atoms with Gasteiger partial charge in [0.25, 0.3) is 5.91 Å². The highest BCUT2D eigenvalue weighted by Crippen LogP contribution is 2.10. The first kappa shape index (κ1) is 19.5. The number of hydrogen-bond donors (Lipinski definition) is 2. The van der Waals surface area contributed by atoms with E-state index < -0.39 is 0 Å². The average Bonchev–Trinajstić information content (AvgIpc) is 2.71. The van der Waals surface area contributed by atoms with Crippen LogP contribution in [0.3, 0.4) is 0 Å². The van der Waals surface area contributed by atoms with E-state index in [0.717, 1.165) is 5.69 Å². The summed E-state index contributed by atoms with van der Waals surface area (Å²) in [7, 11) is 0. The van der Waals surface area contributed by atoms with Crippen LogP contribution in [0.4, 0.5) is 14.5 Å². The minimum Gasteiger partial charge on any atom is -0.383 e. The van der Waals surface area contributed by atoms with E-state index in [1.807, 2.05) is 0 Å². The summed E-state index contributed by atoms with van der Waals surface area (Å²) in [5.41, 5.74) is 2.24. The summed E-state index contributed by atoms with van der Waals surface area (Å²) in [6.45, 7) is 0.876. The largest absolute Gasteiger partial charge is 0.383 e. The summed E-state index contributed by atoms with van der Waals surface area (Å²) < 4.78 is 27.1. The molecular weight excluding hydrogens is 360 g/mol. The van der Waals surface area contributed by atoms with Crippen LogP contribution in [-0.2, 0) is 12.8 Å². The molecule has 6 heteroatoms. The molecule has 0 saturated carbocycles. The van der Waals surface area contributed by atoms with Crippen LogP contribution in [0.2, 0.25) is 0 Å². The van der Waals surface area contributed by atoms with Gasteiger partial charge < -0.3 is 10.6 Å². The predicted molar refractivity (Wildman–Crippen MR) is 105 cm³/mol. The molecule has 1 heterocycles. The molecule has 0 aliphatic heterocycles. The fourth-order valence-corrected chi connectivity index (χ4v) is 2.78. The number of carbonyl (C=O) groups excluding carboxylic acids is 1. The van der Waals surface area contributed by atoms with Gasteiger partial charge in [-0.1, -0.05) is 36.4 Å². The van der Waals surface area contributed by atoms with E-state index in [2.05, 4.69) is 15.6 Å². The number of rotatable bonds is 8. The Hall–Kier alpha value is -3.28. The molecule has 2 aromatic carbocycles. The van der Waals surface area contributed by atoms with Gasteiger partial charge in [-0.25, -0.2) is 13.8 Å². The van der Waals surface area contributed by atoms with Crippen molar-refractivity contribution in [2.75, 3.05) is 18.4 Å². The van der Waals surface area contributed by atoms with Crippen LogP contribution < -0.4 is 10.6 Å². The Morgan fingerprint density at radius 2 is 1.43 bits per heavy atom. The lowest BCUT2D eigenvalue weighted by Gasteiger charge is -2.08. The maximum absolute atomic E-state index is 13.6. The lowest BCUT2D eigenvalue weighted by atomic mass is 10.1. The molecule has 2 N–H and O–H groups in total. The van der Waals surface area contributed by atoms with Crippen LogP contribution >= 0.6 is 0 Å². The Morgan fingerprint density at radius 1 is 0.821 bits per heavy atom. The smallest absolute Gasteiger partial charge is 0.269 e. The number of hydrogen-bond acceptors (Lipinski definition) is 3. The summed E-state index contributed by atoms with van der Waals surface area (Å²) in [5.74, 6) is -0.806. The van der Waals surface area contributed by atoms with Gasteiger partial charge in [-0.2, -0.15) is 0 Å². The molecule has 1 amide bonds. The summed E-state index contributed by atoms with van der Waals surface area (Å²) in [6, 6.07) is 16.5. The van der Waals surface area contributed by atoms with Crippen molar-refractivity contribution in [3.05, 3.63) is 95.3 Å². The minimum absolute atomic E-state index is 0.218. The number of halogens is 2. The van der Waals surface area contributed by atoms with E-state index in [1.54, 1.807) is 54.7 Å². The standard InChI is InChI=1S/C22H21F2N3O/c23-19-7-3-1-5-16(19)11-13-25-18-9-10-21(27-15-18)22(28)26-14-12-17-6-2-4-8-20(17)24/h1-10,15,25H,11-14H2,(H,26,28). The summed E-state index contributed by atoms with van der Waals surface area (Å²) in [6.07, 6.45) is 2.52. The Kier molecular flexibility index (Phi) is 6.68. The van der Waals surface area contributed by atoms with E-state index in [1.165, 1.54) is 12.1 Å². The van der Waals surface area contributed by atoms with Gasteiger partial charge in [-0.05, 0) is 48.2 Å². The molecule has 0 spiro atoms. The molecule has 28 heavy (non-hydrogen) atoms. The zero-order valence-electron chi connectivity index (χ0n) is 15.3. The Morgan fingerprint density at radius 3 is 2.00 bits per heavy atom. The van der Waals surface area contributed by atoms with Gasteiger partial charge in [0, 0.05) is 13.1 Å². The van der Waals surface area contributed by atoms with Crippen molar-refractivity contribution in [3.63, 3.8) is 0 Å². The van der Waals surface area contributed by atoms with Crippen LogP contribution in [0.5, 0.6) is 0 Å². The fourth-order valence-electron chi connectivity index (χ4n) is 2.78. The van der Waals surface area contributed by atoms with Gasteiger partial charge in [0.15, 0.2) is 0 Å². The molecule has 3 rings (SSSR count). The Balaban J connectivity index is 1.45. The number of benzene rings is 2. The van der Waals surface area contributed by atoms with Crippen molar-refractivity contribution in [1.82, 2.24) is 10.3 Å². The first-order valence-electron chi connectivity index (χ1n) is 9.08. The minimum atomic E-state index is -0.311. The zero-order valence-corrected chi connectivity index (χ0v) is 15.3. The summed E-state index contributed by atoms with van der Waals surface area (Å²) in [5, 5.41) is 5.89. The van der Waals surface area contributed by atoms with E-state index in [0.29, 0.717) is 37.1 Å². The van der Waals surface area contributed by atoms with Crippen molar-refractivity contribution in [3.8, 4) is 0 Å². The molecule has 3 aromatic rings. The molecule has 0 unspecified atom stereocenters. The molecule has 0 bridgehead atoms. The van der Waals surface area contributed by atoms with Crippen molar-refractivity contribution in [2.45, 2.75) is 12.8 Å². The van der Waals surface area contributed by atoms with Crippen molar-refractivity contribution < 1.29 is 13.6 Å². The zero-order chi connectivity index (χ0) is 19.8. The quantitative estimate of drug-likeness (QED) is 0.620. The van der Waals surface area contributed by atoms with E-state index in [9.17, 15) is 13.6 Å². The van der Waals surface area contributed by atoms with E-state index >= 15 is 0 Å². The third-order valence-corrected chi connectivity index (χ3v) is 4.32. The highest BCUT2D eigenvalue weighted by molar-refractivity contribution is 5.92. The van der Waals surface area contributed by atoms with Crippen LogP contribution in [0.15, 0.2) is 66.9 Å². The monoisotopic (exact) mass is 381 g/mol. The topological polar surface area (TPSA) is 54.0 Å². The average molecular weight is 381 g/mol. The maximum atomic E-state index is 13.6. The molecule has 1 aromatic heterocycles. The second-order valence-corrected chi connectivity index (χ2v) is 6.30. The van der Waals surface area contributed by atoms with Crippen LogP contribution in [0.25, 0.3) is 0 Å². The van der Waals surface area contributed by atoms with Gasteiger partial charge >= 0.3 is 0 Å². The Bertz CT molecular complexity index is 929. The predicted octanol–water partition coefficient (Wildman–Crippen LogP) is 3.99. The molecule has 0 radical (unpaired) electrons. The fraction of sp³-hybridized carbons (Fsp3) is 0.182. The Labute approximate surface area is 162 Å². The number of nitrogens with one attached hydrogen (secondary N) is 2. The molecule has 0 aliphatic carbocycles. The van der Waals surface area contributed by atoms with Crippen LogP contribution in [0.1, 0.15) is 21.6 Å². The van der Waals surface area contributed by atoms with Gasteiger partial charge in [-0.3, -0.25) is 4.79 Å². The number of pyridine rings is 1. The first-order chi connectivity index (χ1) is 13.6. The normalized spacial score (nSPS) is 10.5. The highest BCUT2D eigenvalue weighted by Gasteiger charge is 2.08. The van der Waals surface area contributed by atoms with E-state index in [-0.39, 0.29) is 23.2 Å². The second kappa shape index (κ2) is 9.60. The molecule has 0 saturated heterocycles. The maximum Gasteiger partial charge on any atom is 0.269 e. The highest BCUT2D eigenvalue weighted by atomic mass is 19.1. The van der Waals surface area contributed by atoms with Crippen LogP contribution in [0, 0.1) is 11.6 Å². The molecule has 0 atom stereocenters. The lowest BCUT2D eigenvalue weighted by molar-refractivity contribution is 0.0949. The third-order valence-electron chi connectivity index (χ3n) is 4.32. The van der Waals surface area contributed by atoms with Gasteiger partial charge in [0.1, 0.15) is 17.3 Å². The van der Waals surface area contributed by atoms with Crippen molar-refractivity contribution >= 4 is 11.6 Å². The lowest BCUT2D eigenvalue weighted by Crippen LogP contribution is -2.26. The van der Waals surface area contributed by atoms with Crippen LogP contribution in [-0.4, -0.2) is 24.0 Å². The van der Waals surface area contributed by atoms with Gasteiger partial charge in [0.2, 0.25) is 0 Å². The second-order valence-electron chi connectivity index (χ2n) is 6.30. The molecular formula is C22H21F2N3O. The number of aromatic nitrogens is 1. The van der Waals surface area contributed by atoms with Gasteiger partial charge in [0.05, 0.1) is 11.9 Å². The molecule has 0 aliphatic rings. The molecule has 4 nitrogen and oxygen atoms in total. The first-order valence-corrected chi connectivity index (χ1v) is 9.08. The SMILES string of the molecule is O=C(NCCc1ccccc1F)c1ccc(NCCc2ccccc2F)cn1. The number of amides is 1. The summed E-state index contributed by atoms with van der Waals surface area (Å²) >= 11 is 0. The number of nitrogens with zero attached hydrogens (tertiary/aromatic N) is 1. The number of carbonyl (C=O) groups is 1.